The van der Waals surface area contributed by atoms with Gasteiger partial charge in [-0.25, -0.2) is 4.98 Å². The molecule has 0 atom stereocenters. The first-order chi connectivity index (χ1) is 8.16. The lowest BCUT2D eigenvalue weighted by Crippen LogP contribution is -2.26. The van der Waals surface area contributed by atoms with Crippen LogP contribution in [0.1, 0.15) is 15.5 Å². The van der Waals surface area contributed by atoms with Crippen LogP contribution in [0.2, 0.25) is 0 Å². The molecule has 0 saturated carbocycles. The number of nitrogens with one attached hydrogen (secondary N) is 1. The minimum absolute atomic E-state index is 0.250. The van der Waals surface area contributed by atoms with E-state index in [2.05, 4.69) is 15.4 Å². The molecule has 0 radical (unpaired) electrons. The Hall–Kier alpha value is -1.89. The predicted octanol–water partition coefficient (Wildman–Crippen LogP) is 0.431. The van der Waals surface area contributed by atoms with Gasteiger partial charge in [0, 0.05) is 37.8 Å². The van der Waals surface area contributed by atoms with Crippen molar-refractivity contribution in [2.24, 2.45) is 7.05 Å². The summed E-state index contributed by atoms with van der Waals surface area (Å²) in [5, 5.41) is 9.67. The van der Waals surface area contributed by atoms with E-state index in [1.54, 1.807) is 30.8 Å². The monoisotopic (exact) mass is 251 g/mol. The molecule has 0 unspecified atom stereocenters. The number of amides is 1. The topological polar surface area (TPSA) is 85.8 Å². The van der Waals surface area contributed by atoms with Gasteiger partial charge in [0.25, 0.3) is 5.91 Å². The zero-order valence-corrected chi connectivity index (χ0v) is 10.2. The summed E-state index contributed by atoms with van der Waals surface area (Å²) in [7, 11) is 1.72. The Labute approximate surface area is 102 Å². The number of aryl methyl sites for hydroxylation is 1. The standard InChI is InChI=1S/C10H13N5OS/c1-15-6-7(11)9(14-15)10(16)13-3-2-8-12-4-5-17-8/h4-6H,2-3,11H2,1H3,(H,13,16). The van der Waals surface area contributed by atoms with Gasteiger partial charge >= 0.3 is 0 Å². The molecule has 3 N–H and O–H groups in total. The molecule has 2 heterocycles. The Morgan fingerprint density at radius 1 is 1.65 bits per heavy atom. The number of carbonyl (C=O) groups is 1. The predicted molar refractivity (Wildman–Crippen MR) is 65.8 cm³/mol. The first-order valence-electron chi connectivity index (χ1n) is 5.12. The van der Waals surface area contributed by atoms with Crippen LogP contribution < -0.4 is 11.1 Å². The third-order valence-corrected chi connectivity index (χ3v) is 3.02. The lowest BCUT2D eigenvalue weighted by molar-refractivity contribution is 0.0949. The zero-order chi connectivity index (χ0) is 12.3. The van der Waals surface area contributed by atoms with Crippen molar-refractivity contribution in [1.29, 1.82) is 0 Å². The van der Waals surface area contributed by atoms with Crippen LogP contribution in [-0.4, -0.2) is 27.2 Å². The first kappa shape index (κ1) is 11.6. The van der Waals surface area contributed by atoms with Gasteiger partial charge in [0.1, 0.15) is 0 Å². The second-order valence-electron chi connectivity index (χ2n) is 3.54. The van der Waals surface area contributed by atoms with E-state index in [-0.39, 0.29) is 11.6 Å². The Morgan fingerprint density at radius 3 is 3.06 bits per heavy atom. The van der Waals surface area contributed by atoms with E-state index in [0.717, 1.165) is 11.4 Å². The molecule has 2 aromatic rings. The van der Waals surface area contributed by atoms with Gasteiger partial charge in [-0.3, -0.25) is 9.48 Å². The van der Waals surface area contributed by atoms with Crippen molar-refractivity contribution < 1.29 is 4.79 Å². The van der Waals surface area contributed by atoms with Crippen LogP contribution in [0.3, 0.4) is 0 Å². The van der Waals surface area contributed by atoms with Crippen molar-refractivity contribution in [2.75, 3.05) is 12.3 Å². The SMILES string of the molecule is Cn1cc(N)c(C(=O)NCCc2nccs2)n1. The Balaban J connectivity index is 1.87. The average Bonchev–Trinajstić information content (AvgIpc) is 2.88. The van der Waals surface area contributed by atoms with Crippen LogP contribution in [0.15, 0.2) is 17.8 Å². The lowest BCUT2D eigenvalue weighted by Gasteiger charge is -2.01. The van der Waals surface area contributed by atoms with Crippen LogP contribution in [0.5, 0.6) is 0 Å². The van der Waals surface area contributed by atoms with E-state index >= 15 is 0 Å². The molecule has 2 aromatic heterocycles. The molecule has 6 nitrogen and oxygen atoms in total. The van der Waals surface area contributed by atoms with Gasteiger partial charge in [-0.1, -0.05) is 0 Å². The van der Waals surface area contributed by atoms with Gasteiger partial charge in [0.2, 0.25) is 0 Å². The summed E-state index contributed by atoms with van der Waals surface area (Å²) < 4.78 is 1.52. The summed E-state index contributed by atoms with van der Waals surface area (Å²) >= 11 is 1.57. The van der Waals surface area contributed by atoms with Crippen LogP contribution in [0.25, 0.3) is 0 Å². The van der Waals surface area contributed by atoms with Gasteiger partial charge in [-0.2, -0.15) is 5.10 Å². The largest absolute Gasteiger partial charge is 0.396 e. The molecule has 0 spiro atoms. The van der Waals surface area contributed by atoms with Crippen molar-refractivity contribution in [1.82, 2.24) is 20.1 Å². The highest BCUT2D eigenvalue weighted by molar-refractivity contribution is 7.09. The molecule has 1 amide bonds. The van der Waals surface area contributed by atoms with E-state index in [0.29, 0.717) is 12.2 Å². The smallest absolute Gasteiger partial charge is 0.273 e. The van der Waals surface area contributed by atoms with E-state index in [9.17, 15) is 4.79 Å². The fourth-order valence-electron chi connectivity index (χ4n) is 1.43. The summed E-state index contributed by atoms with van der Waals surface area (Å²) in [4.78, 5) is 15.9. The number of anilines is 1. The summed E-state index contributed by atoms with van der Waals surface area (Å²) in [6.07, 6.45) is 4.07. The van der Waals surface area contributed by atoms with Gasteiger partial charge in [-0.15, -0.1) is 11.3 Å². The summed E-state index contributed by atoms with van der Waals surface area (Å²) in [6.45, 7) is 0.530. The van der Waals surface area contributed by atoms with Gasteiger partial charge in [-0.05, 0) is 0 Å². The number of carbonyl (C=O) groups excluding carboxylic acids is 1. The average molecular weight is 251 g/mol. The Bertz CT molecular complexity index is 505. The minimum atomic E-state index is -0.250. The Kier molecular flexibility index (Phi) is 3.38. The molecular weight excluding hydrogens is 238 g/mol. The number of nitrogens with two attached hydrogens (primary N) is 1. The van der Waals surface area contributed by atoms with Crippen molar-refractivity contribution in [3.05, 3.63) is 28.5 Å². The molecule has 0 aromatic carbocycles. The number of nitrogens with zero attached hydrogens (tertiary/aromatic N) is 3. The van der Waals surface area contributed by atoms with Crippen LogP contribution in [0, 0.1) is 0 Å². The highest BCUT2D eigenvalue weighted by atomic mass is 32.1. The fourth-order valence-corrected chi connectivity index (χ4v) is 2.05. The van der Waals surface area contributed by atoms with E-state index < -0.39 is 0 Å². The lowest BCUT2D eigenvalue weighted by atomic mass is 10.3. The first-order valence-corrected chi connectivity index (χ1v) is 6.00. The molecule has 7 heteroatoms. The molecule has 0 saturated heterocycles. The maximum Gasteiger partial charge on any atom is 0.273 e. The summed E-state index contributed by atoms with van der Waals surface area (Å²) in [5.74, 6) is -0.250. The third-order valence-electron chi connectivity index (χ3n) is 2.18. The highest BCUT2D eigenvalue weighted by Gasteiger charge is 2.13. The second-order valence-corrected chi connectivity index (χ2v) is 4.52. The maximum atomic E-state index is 11.7. The number of nitrogen functional groups attached to an aromatic ring is 1. The Morgan fingerprint density at radius 2 is 2.47 bits per heavy atom. The summed E-state index contributed by atoms with van der Waals surface area (Å²) in [6, 6.07) is 0. The second kappa shape index (κ2) is 4.96. The van der Waals surface area contributed by atoms with E-state index in [1.807, 2.05) is 5.38 Å². The van der Waals surface area contributed by atoms with Crippen molar-refractivity contribution in [3.63, 3.8) is 0 Å². The van der Waals surface area contributed by atoms with Gasteiger partial charge in [0.15, 0.2) is 5.69 Å². The third kappa shape index (κ3) is 2.82. The fraction of sp³-hybridized carbons (Fsp3) is 0.300. The quantitative estimate of drug-likeness (QED) is 0.825. The van der Waals surface area contributed by atoms with Crippen LogP contribution in [-0.2, 0) is 13.5 Å². The molecule has 0 aliphatic heterocycles. The molecule has 0 aliphatic carbocycles. The molecule has 0 aliphatic rings. The van der Waals surface area contributed by atoms with E-state index in [4.69, 9.17) is 5.73 Å². The number of hydrogen-bond acceptors (Lipinski definition) is 5. The van der Waals surface area contributed by atoms with E-state index in [1.165, 1.54) is 4.68 Å². The minimum Gasteiger partial charge on any atom is -0.396 e. The number of rotatable bonds is 4. The van der Waals surface area contributed by atoms with Gasteiger partial charge in [0.05, 0.1) is 10.7 Å². The molecule has 0 bridgehead atoms. The molecular formula is C10H13N5OS. The molecule has 2 rings (SSSR count). The highest BCUT2D eigenvalue weighted by Crippen LogP contribution is 2.08. The van der Waals surface area contributed by atoms with Crippen LogP contribution >= 0.6 is 11.3 Å². The van der Waals surface area contributed by atoms with Crippen molar-refractivity contribution in [2.45, 2.75) is 6.42 Å². The van der Waals surface area contributed by atoms with Crippen molar-refractivity contribution in [3.8, 4) is 0 Å². The number of thiazole rings is 1. The summed E-state index contributed by atoms with van der Waals surface area (Å²) in [5.41, 5.74) is 6.31. The van der Waals surface area contributed by atoms with Crippen molar-refractivity contribution >= 4 is 22.9 Å². The van der Waals surface area contributed by atoms with Gasteiger partial charge < -0.3 is 11.1 Å². The number of aromatic nitrogens is 3. The molecule has 90 valence electrons. The van der Waals surface area contributed by atoms with Crippen LogP contribution in [0.4, 0.5) is 5.69 Å². The molecule has 0 fully saturated rings. The molecule has 17 heavy (non-hydrogen) atoms. The maximum absolute atomic E-state index is 11.7. The number of hydrogen-bond donors (Lipinski definition) is 2. The normalized spacial score (nSPS) is 10.4. The zero-order valence-electron chi connectivity index (χ0n) is 9.38.